The van der Waals surface area contributed by atoms with Gasteiger partial charge >= 0.3 is 0 Å². The van der Waals surface area contributed by atoms with Crippen LogP contribution in [0, 0.1) is 5.82 Å². The minimum atomic E-state index is -0.473. The number of benzene rings is 2. The quantitative estimate of drug-likeness (QED) is 0.571. The van der Waals surface area contributed by atoms with E-state index < -0.39 is 11.7 Å². The molecule has 2 aliphatic rings. The summed E-state index contributed by atoms with van der Waals surface area (Å²) in [6, 6.07) is 5.49. The molecule has 0 bridgehead atoms. The standard InChI is InChI=1S/C19H18FN3O3/c1-2-23-6-5-11-12(13-7-10(20)3-4-16(13)24)8-14-17(15(11)9-23)21-19(25)18(14)22-26/h3-4,7-8,24,26H,2,5-6,9H2,1H3,(H,21,22,25). The first kappa shape index (κ1) is 16.5. The minimum Gasteiger partial charge on any atom is -0.507 e. The number of nitrogens with one attached hydrogen (secondary N) is 1. The smallest absolute Gasteiger partial charge is 0.278 e. The molecular weight excluding hydrogens is 337 g/mol. The minimum absolute atomic E-state index is 0.0359. The van der Waals surface area contributed by atoms with Crippen LogP contribution in [0.3, 0.4) is 0 Å². The van der Waals surface area contributed by atoms with E-state index in [2.05, 4.69) is 22.3 Å². The number of aromatic hydroxyl groups is 1. The molecule has 0 fully saturated rings. The third-order valence-corrected chi connectivity index (χ3v) is 5.11. The zero-order valence-corrected chi connectivity index (χ0v) is 14.2. The number of oxime groups is 1. The van der Waals surface area contributed by atoms with Gasteiger partial charge in [0.1, 0.15) is 11.6 Å². The van der Waals surface area contributed by atoms with Gasteiger partial charge in [-0.2, -0.15) is 0 Å². The van der Waals surface area contributed by atoms with E-state index in [9.17, 15) is 19.5 Å². The van der Waals surface area contributed by atoms with Gasteiger partial charge in [-0.25, -0.2) is 4.39 Å². The molecule has 134 valence electrons. The highest BCUT2D eigenvalue weighted by Crippen LogP contribution is 2.42. The summed E-state index contributed by atoms with van der Waals surface area (Å²) in [5.74, 6) is -0.964. The monoisotopic (exact) mass is 355 g/mol. The van der Waals surface area contributed by atoms with Gasteiger partial charge in [0, 0.05) is 24.2 Å². The number of amides is 1. The fraction of sp³-hybridized carbons (Fsp3) is 0.263. The number of likely N-dealkylation sites (N-methyl/N-ethyl adjacent to an activating group) is 1. The van der Waals surface area contributed by atoms with Crippen molar-refractivity contribution in [1.82, 2.24) is 4.90 Å². The van der Waals surface area contributed by atoms with Gasteiger partial charge in [0.05, 0.1) is 5.69 Å². The SMILES string of the molecule is CCN1CCc2c(-c3cc(F)ccc3O)cc3c(c2C1)NC(=O)/C3=N\O. The Morgan fingerprint density at radius 3 is 2.77 bits per heavy atom. The Bertz CT molecular complexity index is 956. The Kier molecular flexibility index (Phi) is 3.88. The Morgan fingerprint density at radius 1 is 1.23 bits per heavy atom. The van der Waals surface area contributed by atoms with E-state index in [0.29, 0.717) is 35.3 Å². The van der Waals surface area contributed by atoms with Gasteiger partial charge in [0.2, 0.25) is 0 Å². The lowest BCUT2D eigenvalue weighted by molar-refractivity contribution is -0.110. The predicted octanol–water partition coefficient (Wildman–Crippen LogP) is 2.71. The van der Waals surface area contributed by atoms with Crippen molar-refractivity contribution in [2.75, 3.05) is 18.4 Å². The highest BCUT2D eigenvalue weighted by Gasteiger charge is 2.34. The maximum Gasteiger partial charge on any atom is 0.278 e. The van der Waals surface area contributed by atoms with Gasteiger partial charge in [0.15, 0.2) is 5.71 Å². The summed E-state index contributed by atoms with van der Waals surface area (Å²) >= 11 is 0. The molecule has 0 aromatic heterocycles. The zero-order valence-electron chi connectivity index (χ0n) is 14.2. The van der Waals surface area contributed by atoms with Crippen LogP contribution in [0.2, 0.25) is 0 Å². The van der Waals surface area contributed by atoms with Gasteiger partial charge in [-0.3, -0.25) is 9.69 Å². The number of carbonyl (C=O) groups is 1. The number of rotatable bonds is 2. The second-order valence-electron chi connectivity index (χ2n) is 6.49. The summed E-state index contributed by atoms with van der Waals surface area (Å²) in [6.07, 6.45) is 0.712. The van der Waals surface area contributed by atoms with Gasteiger partial charge in [-0.1, -0.05) is 12.1 Å². The van der Waals surface area contributed by atoms with E-state index >= 15 is 0 Å². The number of nitrogens with zero attached hydrogens (tertiary/aromatic N) is 2. The number of carbonyl (C=O) groups excluding carboxylic acids is 1. The van der Waals surface area contributed by atoms with Crippen LogP contribution in [0.25, 0.3) is 11.1 Å². The van der Waals surface area contributed by atoms with Gasteiger partial charge in [0.25, 0.3) is 5.91 Å². The first-order valence-electron chi connectivity index (χ1n) is 8.47. The Morgan fingerprint density at radius 2 is 2.04 bits per heavy atom. The Balaban J connectivity index is 2.01. The van der Waals surface area contributed by atoms with Crippen molar-refractivity contribution < 1.29 is 19.5 Å². The number of hydrogen-bond acceptors (Lipinski definition) is 5. The van der Waals surface area contributed by atoms with Crippen LogP contribution < -0.4 is 5.32 Å². The summed E-state index contributed by atoms with van der Waals surface area (Å²) in [6.45, 7) is 4.38. The summed E-state index contributed by atoms with van der Waals surface area (Å²) < 4.78 is 13.8. The molecule has 0 unspecified atom stereocenters. The largest absolute Gasteiger partial charge is 0.507 e. The molecule has 4 rings (SSSR count). The molecule has 0 atom stereocenters. The topological polar surface area (TPSA) is 85.2 Å². The van der Waals surface area contributed by atoms with Crippen LogP contribution in [-0.2, 0) is 17.8 Å². The number of fused-ring (bicyclic) bond motifs is 3. The normalized spacial score (nSPS) is 17.9. The van der Waals surface area contributed by atoms with Crippen molar-refractivity contribution in [3.8, 4) is 16.9 Å². The fourth-order valence-corrected chi connectivity index (χ4v) is 3.77. The fourth-order valence-electron chi connectivity index (χ4n) is 3.77. The maximum absolute atomic E-state index is 13.8. The van der Waals surface area contributed by atoms with Crippen molar-refractivity contribution in [3.05, 3.63) is 46.8 Å². The molecule has 0 aliphatic carbocycles. The molecule has 7 heteroatoms. The summed E-state index contributed by atoms with van der Waals surface area (Å²) in [7, 11) is 0. The lowest BCUT2D eigenvalue weighted by Gasteiger charge is -2.31. The van der Waals surface area contributed by atoms with Crippen LogP contribution in [0.5, 0.6) is 5.75 Å². The average molecular weight is 355 g/mol. The van der Waals surface area contributed by atoms with Gasteiger partial charge in [-0.05, 0) is 53.9 Å². The van der Waals surface area contributed by atoms with Crippen molar-refractivity contribution in [3.63, 3.8) is 0 Å². The highest BCUT2D eigenvalue weighted by atomic mass is 19.1. The van der Waals surface area contributed by atoms with E-state index in [1.165, 1.54) is 18.2 Å². The first-order valence-corrected chi connectivity index (χ1v) is 8.47. The second-order valence-corrected chi connectivity index (χ2v) is 6.49. The third kappa shape index (κ3) is 2.43. The predicted molar refractivity (Wildman–Crippen MR) is 95.1 cm³/mol. The molecule has 2 heterocycles. The molecule has 6 nitrogen and oxygen atoms in total. The molecule has 2 aromatic rings. The summed E-state index contributed by atoms with van der Waals surface area (Å²) in [5.41, 5.74) is 3.93. The van der Waals surface area contributed by atoms with Crippen molar-refractivity contribution >= 4 is 17.3 Å². The van der Waals surface area contributed by atoms with E-state index in [1.807, 2.05) is 0 Å². The molecule has 26 heavy (non-hydrogen) atoms. The molecule has 2 aromatic carbocycles. The number of hydrogen-bond donors (Lipinski definition) is 3. The second kappa shape index (κ2) is 6.10. The van der Waals surface area contributed by atoms with Crippen LogP contribution in [-0.4, -0.2) is 39.9 Å². The van der Waals surface area contributed by atoms with Crippen molar-refractivity contribution in [2.45, 2.75) is 19.9 Å². The maximum atomic E-state index is 13.8. The van der Waals surface area contributed by atoms with Crippen LogP contribution >= 0.6 is 0 Å². The number of phenols is 1. The van der Waals surface area contributed by atoms with Crippen LogP contribution in [0.1, 0.15) is 23.6 Å². The molecule has 3 N–H and O–H groups in total. The number of anilines is 1. The lowest BCUT2D eigenvalue weighted by atomic mass is 9.86. The van der Waals surface area contributed by atoms with Gasteiger partial charge in [-0.15, -0.1) is 0 Å². The third-order valence-electron chi connectivity index (χ3n) is 5.11. The molecule has 0 spiro atoms. The molecule has 2 aliphatic heterocycles. The molecule has 0 saturated carbocycles. The van der Waals surface area contributed by atoms with E-state index in [1.54, 1.807) is 6.07 Å². The zero-order chi connectivity index (χ0) is 18.4. The summed E-state index contributed by atoms with van der Waals surface area (Å²) in [4.78, 5) is 14.4. The molecule has 1 amide bonds. The molecule has 0 radical (unpaired) electrons. The van der Waals surface area contributed by atoms with Gasteiger partial charge < -0.3 is 15.6 Å². The van der Waals surface area contributed by atoms with Crippen molar-refractivity contribution in [2.24, 2.45) is 5.16 Å². The van der Waals surface area contributed by atoms with E-state index in [0.717, 1.165) is 24.2 Å². The lowest BCUT2D eigenvalue weighted by Crippen LogP contribution is -2.31. The molecule has 0 saturated heterocycles. The Labute approximate surface area is 149 Å². The van der Waals surface area contributed by atoms with Crippen LogP contribution in [0.15, 0.2) is 29.4 Å². The average Bonchev–Trinajstić information content (AvgIpc) is 2.97. The number of halogens is 1. The van der Waals surface area contributed by atoms with Crippen LogP contribution in [0.4, 0.5) is 10.1 Å². The number of phenolic OH excluding ortho intramolecular Hbond substituents is 1. The Hall–Kier alpha value is -2.93. The first-order chi connectivity index (χ1) is 12.5. The van der Waals surface area contributed by atoms with E-state index in [-0.39, 0.29) is 11.5 Å². The molecular formula is C19H18FN3O3. The summed E-state index contributed by atoms with van der Waals surface area (Å²) in [5, 5.41) is 25.4. The highest BCUT2D eigenvalue weighted by molar-refractivity contribution is 6.54. The van der Waals surface area contributed by atoms with E-state index in [4.69, 9.17) is 0 Å². The van der Waals surface area contributed by atoms with Crippen molar-refractivity contribution in [1.29, 1.82) is 0 Å².